The average Bonchev–Trinajstić information content (AvgIpc) is 3.30. The molecular formula is C14H21N3O2S. The second kappa shape index (κ2) is 7.04. The van der Waals surface area contributed by atoms with Gasteiger partial charge in [-0.1, -0.05) is 6.92 Å². The largest absolute Gasteiger partial charge is 0.465 e. The molecule has 5 nitrogen and oxygen atoms in total. The molecule has 0 radical (unpaired) electrons. The van der Waals surface area contributed by atoms with Crippen molar-refractivity contribution in [3.05, 3.63) is 18.6 Å². The van der Waals surface area contributed by atoms with Crippen LogP contribution in [0.4, 0.5) is 0 Å². The Hall–Kier alpha value is -1.14. The zero-order valence-electron chi connectivity index (χ0n) is 12.0. The summed E-state index contributed by atoms with van der Waals surface area (Å²) in [5, 5.41) is 4.20. The van der Waals surface area contributed by atoms with E-state index in [-0.39, 0.29) is 5.97 Å². The standard InChI is InChI=1S/C14H21N3O2S/c1-3-17-14(11-5-6-11,13(18)19-4-2)10-20-12-9-15-7-8-16-12/h7-9,11,17H,3-6,10H2,1-2H3. The Morgan fingerprint density at radius 3 is 2.85 bits per heavy atom. The molecule has 1 heterocycles. The van der Waals surface area contributed by atoms with E-state index in [1.54, 1.807) is 30.4 Å². The Balaban J connectivity index is 2.10. The lowest BCUT2D eigenvalue weighted by Gasteiger charge is -2.32. The summed E-state index contributed by atoms with van der Waals surface area (Å²) < 4.78 is 5.30. The molecule has 0 aromatic carbocycles. The van der Waals surface area contributed by atoms with Gasteiger partial charge in [-0.2, -0.15) is 0 Å². The van der Waals surface area contributed by atoms with E-state index in [4.69, 9.17) is 4.74 Å². The molecule has 20 heavy (non-hydrogen) atoms. The van der Waals surface area contributed by atoms with Crippen LogP contribution in [0.2, 0.25) is 0 Å². The van der Waals surface area contributed by atoms with Gasteiger partial charge in [0.1, 0.15) is 10.6 Å². The predicted octanol–water partition coefficient (Wildman–Crippen LogP) is 1.89. The van der Waals surface area contributed by atoms with Gasteiger partial charge in [0.25, 0.3) is 0 Å². The van der Waals surface area contributed by atoms with Crippen LogP contribution in [0.5, 0.6) is 0 Å². The van der Waals surface area contributed by atoms with E-state index in [2.05, 4.69) is 15.3 Å². The third-order valence-corrected chi connectivity index (χ3v) is 4.50. The molecular weight excluding hydrogens is 274 g/mol. The highest BCUT2D eigenvalue weighted by Crippen LogP contribution is 2.43. The molecule has 1 N–H and O–H groups in total. The van der Waals surface area contributed by atoms with E-state index in [9.17, 15) is 4.79 Å². The summed E-state index contributed by atoms with van der Waals surface area (Å²) in [6.45, 7) is 5.02. The summed E-state index contributed by atoms with van der Waals surface area (Å²) in [7, 11) is 0. The summed E-state index contributed by atoms with van der Waals surface area (Å²) in [5.74, 6) is 0.856. The van der Waals surface area contributed by atoms with Crippen molar-refractivity contribution in [2.75, 3.05) is 18.9 Å². The van der Waals surface area contributed by atoms with Crippen LogP contribution in [-0.2, 0) is 9.53 Å². The van der Waals surface area contributed by atoms with Gasteiger partial charge in [0.15, 0.2) is 0 Å². The fourth-order valence-electron chi connectivity index (χ4n) is 2.31. The minimum absolute atomic E-state index is 0.138. The van der Waals surface area contributed by atoms with E-state index in [0.29, 0.717) is 18.3 Å². The molecule has 110 valence electrons. The molecule has 1 saturated carbocycles. The second-order valence-corrected chi connectivity index (χ2v) is 5.82. The maximum Gasteiger partial charge on any atom is 0.327 e. The molecule has 0 spiro atoms. The number of rotatable bonds is 8. The fourth-order valence-corrected chi connectivity index (χ4v) is 3.41. The first-order valence-corrected chi connectivity index (χ1v) is 8.02. The average molecular weight is 295 g/mol. The second-order valence-electron chi connectivity index (χ2n) is 4.83. The van der Waals surface area contributed by atoms with Gasteiger partial charge >= 0.3 is 5.97 Å². The molecule has 1 fully saturated rings. The van der Waals surface area contributed by atoms with Crippen molar-refractivity contribution >= 4 is 17.7 Å². The molecule has 2 rings (SSSR count). The Labute approximate surface area is 123 Å². The Morgan fingerprint density at radius 2 is 2.30 bits per heavy atom. The number of ether oxygens (including phenoxy) is 1. The highest BCUT2D eigenvalue weighted by Gasteiger charge is 2.51. The fraction of sp³-hybridized carbons (Fsp3) is 0.643. The first kappa shape index (κ1) is 15.3. The van der Waals surface area contributed by atoms with Crippen LogP contribution in [0.15, 0.2) is 23.6 Å². The van der Waals surface area contributed by atoms with Crippen LogP contribution >= 0.6 is 11.8 Å². The summed E-state index contributed by atoms with van der Waals surface area (Å²) in [4.78, 5) is 20.7. The monoisotopic (exact) mass is 295 g/mol. The smallest absolute Gasteiger partial charge is 0.327 e. The van der Waals surface area contributed by atoms with Gasteiger partial charge in [-0.25, -0.2) is 4.98 Å². The highest BCUT2D eigenvalue weighted by molar-refractivity contribution is 7.99. The quantitative estimate of drug-likeness (QED) is 0.583. The van der Waals surface area contributed by atoms with Crippen molar-refractivity contribution in [2.45, 2.75) is 37.3 Å². The predicted molar refractivity (Wildman–Crippen MR) is 78.5 cm³/mol. The van der Waals surface area contributed by atoms with Crippen LogP contribution in [0.3, 0.4) is 0 Å². The summed E-state index contributed by atoms with van der Waals surface area (Å²) >= 11 is 1.55. The van der Waals surface area contributed by atoms with E-state index in [0.717, 1.165) is 24.4 Å². The van der Waals surface area contributed by atoms with Crippen LogP contribution in [0, 0.1) is 5.92 Å². The van der Waals surface area contributed by atoms with Crippen LogP contribution in [0.25, 0.3) is 0 Å². The first-order chi connectivity index (χ1) is 9.73. The number of likely N-dealkylation sites (N-methyl/N-ethyl adjacent to an activating group) is 1. The van der Waals surface area contributed by atoms with Gasteiger partial charge in [-0.3, -0.25) is 9.78 Å². The number of esters is 1. The number of thioether (sulfide) groups is 1. The van der Waals surface area contributed by atoms with E-state index < -0.39 is 5.54 Å². The zero-order valence-corrected chi connectivity index (χ0v) is 12.8. The molecule has 0 bridgehead atoms. The molecule has 1 aliphatic rings. The number of aromatic nitrogens is 2. The maximum absolute atomic E-state index is 12.4. The van der Waals surface area contributed by atoms with Crippen molar-refractivity contribution in [1.29, 1.82) is 0 Å². The van der Waals surface area contributed by atoms with Crippen LogP contribution in [0.1, 0.15) is 26.7 Å². The lowest BCUT2D eigenvalue weighted by atomic mass is 9.95. The van der Waals surface area contributed by atoms with Gasteiger partial charge < -0.3 is 10.1 Å². The summed E-state index contributed by atoms with van der Waals surface area (Å²) in [6.07, 6.45) is 7.19. The van der Waals surface area contributed by atoms with Crippen molar-refractivity contribution in [3.8, 4) is 0 Å². The molecule has 0 aliphatic heterocycles. The van der Waals surface area contributed by atoms with E-state index in [1.165, 1.54) is 0 Å². The lowest BCUT2D eigenvalue weighted by molar-refractivity contribution is -0.151. The normalized spacial score (nSPS) is 17.5. The minimum atomic E-state index is -0.590. The molecule has 1 atom stereocenters. The number of carbonyl (C=O) groups is 1. The molecule has 0 amide bonds. The molecule has 1 unspecified atom stereocenters. The van der Waals surface area contributed by atoms with Gasteiger partial charge in [0, 0.05) is 18.1 Å². The summed E-state index contributed by atoms with van der Waals surface area (Å²) in [6, 6.07) is 0. The number of hydrogen-bond donors (Lipinski definition) is 1. The van der Waals surface area contributed by atoms with Crippen molar-refractivity contribution in [3.63, 3.8) is 0 Å². The van der Waals surface area contributed by atoms with Crippen LogP contribution < -0.4 is 5.32 Å². The van der Waals surface area contributed by atoms with Crippen LogP contribution in [-0.4, -0.2) is 40.4 Å². The SMILES string of the molecule is CCNC(CSc1cnccn1)(C(=O)OCC)C1CC1. The zero-order chi connectivity index (χ0) is 14.4. The van der Waals surface area contributed by atoms with E-state index >= 15 is 0 Å². The van der Waals surface area contributed by atoms with Crippen molar-refractivity contribution < 1.29 is 9.53 Å². The molecule has 1 aromatic heterocycles. The van der Waals surface area contributed by atoms with Crippen molar-refractivity contribution in [2.24, 2.45) is 5.92 Å². The summed E-state index contributed by atoms with van der Waals surface area (Å²) in [5.41, 5.74) is -0.590. The third kappa shape index (κ3) is 3.49. The highest BCUT2D eigenvalue weighted by atomic mass is 32.2. The topological polar surface area (TPSA) is 64.1 Å². The molecule has 1 aliphatic carbocycles. The number of carbonyl (C=O) groups excluding carboxylic acids is 1. The minimum Gasteiger partial charge on any atom is -0.465 e. The maximum atomic E-state index is 12.4. The Morgan fingerprint density at radius 1 is 1.50 bits per heavy atom. The third-order valence-electron chi connectivity index (χ3n) is 3.39. The number of nitrogens with one attached hydrogen (secondary N) is 1. The van der Waals surface area contributed by atoms with Crippen molar-refractivity contribution in [1.82, 2.24) is 15.3 Å². The Bertz CT molecular complexity index is 439. The van der Waals surface area contributed by atoms with Gasteiger partial charge in [0.05, 0.1) is 12.8 Å². The molecule has 1 aromatic rings. The molecule has 0 saturated heterocycles. The van der Waals surface area contributed by atoms with Gasteiger partial charge in [-0.15, -0.1) is 11.8 Å². The lowest BCUT2D eigenvalue weighted by Crippen LogP contribution is -2.57. The molecule has 6 heteroatoms. The first-order valence-electron chi connectivity index (χ1n) is 7.04. The van der Waals surface area contributed by atoms with Gasteiger partial charge in [0.2, 0.25) is 0 Å². The number of hydrogen-bond acceptors (Lipinski definition) is 6. The van der Waals surface area contributed by atoms with Gasteiger partial charge in [-0.05, 0) is 32.2 Å². The van der Waals surface area contributed by atoms with E-state index in [1.807, 2.05) is 13.8 Å². The Kier molecular flexibility index (Phi) is 5.37. The number of nitrogens with zero attached hydrogens (tertiary/aromatic N) is 2.